The molecular weight excluding hydrogens is 262 g/mol. The summed E-state index contributed by atoms with van der Waals surface area (Å²) in [5, 5.41) is 2.94. The first-order valence-electron chi connectivity index (χ1n) is 7.23. The fourth-order valence-corrected chi connectivity index (χ4v) is 3.77. The van der Waals surface area contributed by atoms with E-state index in [9.17, 15) is 4.79 Å². The summed E-state index contributed by atoms with van der Waals surface area (Å²) in [6.07, 6.45) is 1.13. The fourth-order valence-electron chi connectivity index (χ4n) is 2.54. The molecule has 0 aromatic heterocycles. The van der Waals surface area contributed by atoms with Gasteiger partial charge in [-0.05, 0) is 19.1 Å². The summed E-state index contributed by atoms with van der Waals surface area (Å²) in [5.41, 5.74) is 0. The van der Waals surface area contributed by atoms with Crippen LogP contribution in [0.5, 0.6) is 0 Å². The van der Waals surface area contributed by atoms with E-state index in [-0.39, 0.29) is 6.03 Å². The molecule has 19 heavy (non-hydrogen) atoms. The Hall–Kier alpha value is -0.460. The minimum Gasteiger partial charge on any atom is -0.379 e. The van der Waals surface area contributed by atoms with Crippen LogP contribution in [-0.4, -0.2) is 79.3 Å². The largest absolute Gasteiger partial charge is 0.379 e. The van der Waals surface area contributed by atoms with E-state index in [0.717, 1.165) is 51.6 Å². The minimum absolute atomic E-state index is 0.100. The molecule has 1 N–H and O–H groups in total. The molecule has 0 aliphatic carbocycles. The molecular formula is C13H25N3O2S. The monoisotopic (exact) mass is 287 g/mol. The molecule has 0 bridgehead atoms. The van der Waals surface area contributed by atoms with E-state index in [1.54, 1.807) is 0 Å². The number of amides is 2. The highest BCUT2D eigenvalue weighted by atomic mass is 32.2. The summed E-state index contributed by atoms with van der Waals surface area (Å²) < 4.78 is 5.35. The first-order valence-corrected chi connectivity index (χ1v) is 8.39. The highest BCUT2D eigenvalue weighted by molar-refractivity contribution is 7.99. The lowest BCUT2D eigenvalue weighted by molar-refractivity contribution is 0.0337. The third-order valence-electron chi connectivity index (χ3n) is 3.70. The zero-order valence-corrected chi connectivity index (χ0v) is 12.6. The van der Waals surface area contributed by atoms with Gasteiger partial charge in [0.2, 0.25) is 0 Å². The number of nitrogens with zero attached hydrogens (tertiary/aromatic N) is 2. The Morgan fingerprint density at radius 1 is 1.47 bits per heavy atom. The zero-order chi connectivity index (χ0) is 13.5. The fraction of sp³-hybridized carbons (Fsp3) is 0.923. The molecule has 2 rings (SSSR count). The normalized spacial score (nSPS) is 24.4. The summed E-state index contributed by atoms with van der Waals surface area (Å²) >= 11 is 1.95. The number of rotatable bonds is 5. The number of hydrogen-bond acceptors (Lipinski definition) is 4. The van der Waals surface area contributed by atoms with Crippen molar-refractivity contribution >= 4 is 17.8 Å². The van der Waals surface area contributed by atoms with Crippen molar-refractivity contribution in [3.05, 3.63) is 0 Å². The Balaban J connectivity index is 1.83. The van der Waals surface area contributed by atoms with Crippen LogP contribution in [0.25, 0.3) is 0 Å². The molecule has 2 aliphatic rings. The maximum Gasteiger partial charge on any atom is 0.317 e. The smallest absolute Gasteiger partial charge is 0.317 e. The second-order valence-electron chi connectivity index (χ2n) is 5.00. The van der Waals surface area contributed by atoms with E-state index in [4.69, 9.17) is 4.74 Å². The lowest BCUT2D eigenvalue weighted by Crippen LogP contribution is -2.50. The van der Waals surface area contributed by atoms with E-state index < -0.39 is 0 Å². The molecule has 0 aromatic carbocycles. The number of ether oxygens (including phenoxy) is 1. The number of carbonyl (C=O) groups is 1. The van der Waals surface area contributed by atoms with Gasteiger partial charge in [0.25, 0.3) is 0 Å². The van der Waals surface area contributed by atoms with Gasteiger partial charge in [0.1, 0.15) is 0 Å². The molecule has 5 nitrogen and oxygen atoms in total. The lowest BCUT2D eigenvalue weighted by atomic mass is 10.2. The summed E-state index contributed by atoms with van der Waals surface area (Å²) in [4.78, 5) is 16.6. The standard InChI is InChI=1S/C13H25N3O2S/c1-2-14-13(17)16(12-3-10-19-11-12)5-4-15-6-8-18-9-7-15/h12H,2-11H2,1H3,(H,14,17). The highest BCUT2D eigenvalue weighted by Crippen LogP contribution is 2.22. The molecule has 1 unspecified atom stereocenters. The second kappa shape index (κ2) is 7.97. The van der Waals surface area contributed by atoms with Crippen molar-refractivity contribution in [1.29, 1.82) is 0 Å². The Kier molecular flexibility index (Phi) is 6.26. The van der Waals surface area contributed by atoms with Gasteiger partial charge < -0.3 is 15.0 Å². The van der Waals surface area contributed by atoms with Crippen molar-refractivity contribution < 1.29 is 9.53 Å². The minimum atomic E-state index is 0.100. The van der Waals surface area contributed by atoms with Crippen molar-refractivity contribution in [2.75, 3.05) is 57.4 Å². The van der Waals surface area contributed by atoms with Crippen molar-refractivity contribution in [2.45, 2.75) is 19.4 Å². The molecule has 0 aromatic rings. The number of urea groups is 1. The number of thioether (sulfide) groups is 1. The van der Waals surface area contributed by atoms with Crippen LogP contribution in [0.15, 0.2) is 0 Å². The van der Waals surface area contributed by atoms with Gasteiger partial charge >= 0.3 is 6.03 Å². The Morgan fingerprint density at radius 2 is 2.26 bits per heavy atom. The molecule has 2 heterocycles. The van der Waals surface area contributed by atoms with Crippen LogP contribution >= 0.6 is 11.8 Å². The second-order valence-corrected chi connectivity index (χ2v) is 6.15. The zero-order valence-electron chi connectivity index (χ0n) is 11.8. The molecule has 0 radical (unpaired) electrons. The van der Waals surface area contributed by atoms with Crippen LogP contribution in [0.1, 0.15) is 13.3 Å². The van der Waals surface area contributed by atoms with Crippen LogP contribution in [0.4, 0.5) is 4.79 Å². The molecule has 2 fully saturated rings. The van der Waals surface area contributed by atoms with Crippen molar-refractivity contribution in [3.8, 4) is 0 Å². The van der Waals surface area contributed by atoms with Crippen LogP contribution in [0.3, 0.4) is 0 Å². The predicted octanol–water partition coefficient (Wildman–Crippen LogP) is 0.856. The third kappa shape index (κ3) is 4.54. The Labute approximate surface area is 120 Å². The van der Waals surface area contributed by atoms with Gasteiger partial charge in [0.15, 0.2) is 0 Å². The highest BCUT2D eigenvalue weighted by Gasteiger charge is 2.27. The van der Waals surface area contributed by atoms with E-state index in [0.29, 0.717) is 12.6 Å². The summed E-state index contributed by atoms with van der Waals surface area (Å²) in [5.74, 6) is 2.26. The van der Waals surface area contributed by atoms with Crippen molar-refractivity contribution in [2.24, 2.45) is 0 Å². The van der Waals surface area contributed by atoms with Crippen LogP contribution in [0, 0.1) is 0 Å². The average Bonchev–Trinajstić information content (AvgIpc) is 2.94. The van der Waals surface area contributed by atoms with Gasteiger partial charge in [-0.1, -0.05) is 0 Å². The Bertz CT molecular complexity index is 279. The third-order valence-corrected chi connectivity index (χ3v) is 4.84. The van der Waals surface area contributed by atoms with Gasteiger partial charge in [0, 0.05) is 44.5 Å². The number of carbonyl (C=O) groups excluding carboxylic acids is 1. The van der Waals surface area contributed by atoms with Crippen LogP contribution < -0.4 is 5.32 Å². The maximum absolute atomic E-state index is 12.2. The summed E-state index contributed by atoms with van der Waals surface area (Å²) in [6.45, 7) is 8.08. The van der Waals surface area contributed by atoms with Crippen molar-refractivity contribution in [3.63, 3.8) is 0 Å². The summed E-state index contributed by atoms with van der Waals surface area (Å²) in [6, 6.07) is 0.515. The number of nitrogens with one attached hydrogen (secondary N) is 1. The van der Waals surface area contributed by atoms with E-state index >= 15 is 0 Å². The van der Waals surface area contributed by atoms with Crippen LogP contribution in [0.2, 0.25) is 0 Å². The lowest BCUT2D eigenvalue weighted by Gasteiger charge is -2.33. The van der Waals surface area contributed by atoms with Crippen molar-refractivity contribution in [1.82, 2.24) is 15.1 Å². The summed E-state index contributed by atoms with van der Waals surface area (Å²) in [7, 11) is 0. The molecule has 2 amide bonds. The molecule has 0 saturated carbocycles. The maximum atomic E-state index is 12.2. The van der Waals surface area contributed by atoms with Crippen LogP contribution in [-0.2, 0) is 4.74 Å². The Morgan fingerprint density at radius 3 is 2.89 bits per heavy atom. The SMILES string of the molecule is CCNC(=O)N(CCN1CCOCC1)C1CCSC1. The van der Waals surface area contributed by atoms with Gasteiger partial charge in [-0.3, -0.25) is 4.90 Å². The first-order chi connectivity index (χ1) is 9.31. The van der Waals surface area contributed by atoms with Gasteiger partial charge in [-0.2, -0.15) is 11.8 Å². The quantitative estimate of drug-likeness (QED) is 0.814. The molecule has 6 heteroatoms. The van der Waals surface area contributed by atoms with Gasteiger partial charge in [-0.15, -0.1) is 0 Å². The van der Waals surface area contributed by atoms with E-state index in [2.05, 4.69) is 10.2 Å². The van der Waals surface area contributed by atoms with E-state index in [1.165, 1.54) is 5.75 Å². The number of hydrogen-bond donors (Lipinski definition) is 1. The van der Waals surface area contributed by atoms with Gasteiger partial charge in [-0.25, -0.2) is 4.79 Å². The molecule has 1 atom stereocenters. The molecule has 2 aliphatic heterocycles. The number of morpholine rings is 1. The average molecular weight is 287 g/mol. The van der Waals surface area contributed by atoms with E-state index in [1.807, 2.05) is 23.6 Å². The molecule has 110 valence electrons. The first kappa shape index (κ1) is 14.9. The van der Waals surface area contributed by atoms with Gasteiger partial charge in [0.05, 0.1) is 13.2 Å². The molecule has 0 spiro atoms. The molecule has 2 saturated heterocycles. The topological polar surface area (TPSA) is 44.8 Å². The predicted molar refractivity (Wildman–Crippen MR) is 78.8 cm³/mol.